The van der Waals surface area contributed by atoms with Crippen LogP contribution < -0.4 is 5.48 Å². The van der Waals surface area contributed by atoms with Crippen molar-refractivity contribution in [2.45, 2.75) is 39.0 Å². The quantitative estimate of drug-likeness (QED) is 0.470. The number of benzene rings is 2. The first-order chi connectivity index (χ1) is 16.1. The molecule has 1 unspecified atom stereocenters. The highest BCUT2D eigenvalue weighted by atomic mass is 35.5. The predicted molar refractivity (Wildman–Crippen MR) is 132 cm³/mol. The number of rotatable bonds is 6. The van der Waals surface area contributed by atoms with Crippen molar-refractivity contribution in [3.05, 3.63) is 53.1 Å². The summed E-state index contributed by atoms with van der Waals surface area (Å²) in [5, 5.41) is 0.672. The molecule has 184 valence electrons. The summed E-state index contributed by atoms with van der Waals surface area (Å²) >= 11 is 6.04. The van der Waals surface area contributed by atoms with E-state index in [9.17, 15) is 9.59 Å². The number of halogens is 1. The summed E-state index contributed by atoms with van der Waals surface area (Å²) in [4.78, 5) is 34.0. The Labute approximate surface area is 205 Å². The standard InChI is InChI=1S/C25H32ClN3O5/c1-25(2,3)34-24(31)29-13-12-28(22(16-29)23(30)32-4)15-19-14-18(8-11-21(19)27-33-5)17-6-9-20(26)10-7-17/h6-11,14,22,27H,12-13,15-16H2,1-5H3. The number of anilines is 1. The van der Waals surface area contributed by atoms with Crippen LogP contribution in [0, 0.1) is 0 Å². The van der Waals surface area contributed by atoms with Crippen LogP contribution in [0.15, 0.2) is 42.5 Å². The molecule has 2 aromatic carbocycles. The highest BCUT2D eigenvalue weighted by Crippen LogP contribution is 2.29. The zero-order valence-electron chi connectivity index (χ0n) is 20.3. The average molecular weight is 490 g/mol. The summed E-state index contributed by atoms with van der Waals surface area (Å²) in [7, 11) is 2.90. The second-order valence-electron chi connectivity index (χ2n) is 9.12. The van der Waals surface area contributed by atoms with Crippen LogP contribution in [0.4, 0.5) is 10.5 Å². The van der Waals surface area contributed by atoms with Gasteiger partial charge < -0.3 is 14.4 Å². The smallest absolute Gasteiger partial charge is 0.410 e. The summed E-state index contributed by atoms with van der Waals surface area (Å²) in [6, 6.07) is 13.0. The van der Waals surface area contributed by atoms with Crippen molar-refractivity contribution in [2.24, 2.45) is 0 Å². The minimum atomic E-state index is -0.624. The van der Waals surface area contributed by atoms with Gasteiger partial charge in [-0.1, -0.05) is 29.8 Å². The maximum Gasteiger partial charge on any atom is 0.410 e. The number of carbonyl (C=O) groups is 2. The molecule has 0 spiro atoms. The monoisotopic (exact) mass is 489 g/mol. The van der Waals surface area contributed by atoms with E-state index in [-0.39, 0.29) is 6.54 Å². The Morgan fingerprint density at radius 1 is 1.06 bits per heavy atom. The summed E-state index contributed by atoms with van der Waals surface area (Å²) < 4.78 is 10.6. The third-order valence-corrected chi connectivity index (χ3v) is 5.74. The number of esters is 1. The van der Waals surface area contributed by atoms with E-state index in [1.807, 2.05) is 62.1 Å². The Kier molecular flexibility index (Phi) is 8.41. The summed E-state index contributed by atoms with van der Waals surface area (Å²) in [6.45, 7) is 7.01. The lowest BCUT2D eigenvalue weighted by Crippen LogP contribution is -2.58. The van der Waals surface area contributed by atoms with Gasteiger partial charge in [-0.2, -0.15) is 0 Å². The van der Waals surface area contributed by atoms with E-state index in [0.29, 0.717) is 24.7 Å². The van der Waals surface area contributed by atoms with Crippen LogP contribution >= 0.6 is 11.6 Å². The molecule has 1 aliphatic rings. The molecule has 0 bridgehead atoms. The molecule has 3 rings (SSSR count). The van der Waals surface area contributed by atoms with Crippen LogP contribution in [0.5, 0.6) is 0 Å². The van der Waals surface area contributed by atoms with Crippen molar-refractivity contribution in [1.29, 1.82) is 0 Å². The number of ether oxygens (including phenoxy) is 2. The van der Waals surface area contributed by atoms with Gasteiger partial charge in [0.1, 0.15) is 11.6 Å². The van der Waals surface area contributed by atoms with E-state index in [2.05, 4.69) is 11.5 Å². The van der Waals surface area contributed by atoms with Gasteiger partial charge >= 0.3 is 12.1 Å². The van der Waals surface area contributed by atoms with E-state index < -0.39 is 23.7 Å². The molecular weight excluding hydrogens is 458 g/mol. The van der Waals surface area contributed by atoms with Gasteiger partial charge in [0.2, 0.25) is 0 Å². The van der Waals surface area contributed by atoms with Crippen molar-refractivity contribution in [3.8, 4) is 11.1 Å². The molecule has 2 aromatic rings. The maximum absolute atomic E-state index is 12.7. The fourth-order valence-electron chi connectivity index (χ4n) is 3.84. The Balaban J connectivity index is 1.85. The molecule has 1 heterocycles. The Morgan fingerprint density at radius 2 is 1.74 bits per heavy atom. The molecule has 34 heavy (non-hydrogen) atoms. The molecule has 8 nitrogen and oxygen atoms in total. The van der Waals surface area contributed by atoms with Crippen LogP contribution in [-0.2, 0) is 25.7 Å². The molecule has 1 aliphatic heterocycles. The van der Waals surface area contributed by atoms with Gasteiger partial charge in [-0.3, -0.25) is 20.0 Å². The van der Waals surface area contributed by atoms with Gasteiger partial charge in [-0.05, 0) is 61.7 Å². The molecule has 0 radical (unpaired) electrons. The number of piperazine rings is 1. The molecule has 0 saturated carbocycles. The molecule has 1 N–H and O–H groups in total. The molecule has 0 aliphatic carbocycles. The van der Waals surface area contributed by atoms with Crippen LogP contribution in [0.25, 0.3) is 11.1 Å². The second-order valence-corrected chi connectivity index (χ2v) is 9.56. The first-order valence-electron chi connectivity index (χ1n) is 11.1. The summed E-state index contributed by atoms with van der Waals surface area (Å²) in [5.74, 6) is -0.400. The van der Waals surface area contributed by atoms with Crippen molar-refractivity contribution in [1.82, 2.24) is 9.80 Å². The van der Waals surface area contributed by atoms with E-state index in [4.69, 9.17) is 25.9 Å². The van der Waals surface area contributed by atoms with Gasteiger partial charge in [-0.15, -0.1) is 0 Å². The third kappa shape index (κ3) is 6.62. The van der Waals surface area contributed by atoms with Crippen LogP contribution in [-0.4, -0.2) is 67.4 Å². The van der Waals surface area contributed by atoms with Crippen molar-refractivity contribution in [2.75, 3.05) is 39.3 Å². The fraction of sp³-hybridized carbons (Fsp3) is 0.440. The lowest BCUT2D eigenvalue weighted by molar-refractivity contribution is -0.149. The summed E-state index contributed by atoms with van der Waals surface area (Å²) in [6.07, 6.45) is -0.437. The molecule has 1 saturated heterocycles. The minimum absolute atomic E-state index is 0.186. The second kappa shape index (κ2) is 11.1. The van der Waals surface area contributed by atoms with Crippen LogP contribution in [0.1, 0.15) is 26.3 Å². The fourth-order valence-corrected chi connectivity index (χ4v) is 3.96. The predicted octanol–water partition coefficient (Wildman–Crippen LogP) is 4.57. The zero-order chi connectivity index (χ0) is 24.9. The van der Waals surface area contributed by atoms with Gasteiger partial charge in [0.25, 0.3) is 0 Å². The Bertz CT molecular complexity index is 1010. The number of hydrogen-bond donors (Lipinski definition) is 1. The normalized spacial score (nSPS) is 16.8. The van der Waals surface area contributed by atoms with Gasteiger partial charge in [0.15, 0.2) is 0 Å². The Hall–Kier alpha value is -2.81. The number of methoxy groups -OCH3 is 1. The maximum atomic E-state index is 12.7. The zero-order valence-corrected chi connectivity index (χ0v) is 21.0. The van der Waals surface area contributed by atoms with E-state index in [1.54, 1.807) is 12.0 Å². The average Bonchev–Trinajstić information content (AvgIpc) is 2.79. The minimum Gasteiger partial charge on any atom is -0.468 e. The molecular formula is C25H32ClN3O5. The SMILES string of the molecule is CONc1ccc(-c2ccc(Cl)cc2)cc1CN1CCN(C(=O)OC(C)(C)C)CC1C(=O)OC. The topological polar surface area (TPSA) is 80.3 Å². The molecule has 1 atom stereocenters. The molecule has 9 heteroatoms. The molecule has 1 fully saturated rings. The van der Waals surface area contributed by atoms with Gasteiger partial charge in [0.05, 0.1) is 26.5 Å². The first-order valence-corrected chi connectivity index (χ1v) is 11.5. The number of carbonyl (C=O) groups excluding carboxylic acids is 2. The van der Waals surface area contributed by atoms with Crippen LogP contribution in [0.3, 0.4) is 0 Å². The third-order valence-electron chi connectivity index (χ3n) is 5.48. The van der Waals surface area contributed by atoms with Crippen molar-refractivity contribution < 1.29 is 23.9 Å². The number of nitrogens with zero attached hydrogens (tertiary/aromatic N) is 2. The Morgan fingerprint density at radius 3 is 2.35 bits per heavy atom. The van der Waals surface area contributed by atoms with Gasteiger partial charge in [0, 0.05) is 24.7 Å². The number of nitrogens with one attached hydrogen (secondary N) is 1. The van der Waals surface area contributed by atoms with Crippen LogP contribution in [0.2, 0.25) is 5.02 Å². The van der Waals surface area contributed by atoms with Crippen molar-refractivity contribution in [3.63, 3.8) is 0 Å². The number of hydrogen-bond acceptors (Lipinski definition) is 7. The lowest BCUT2D eigenvalue weighted by atomic mass is 10.0. The van der Waals surface area contributed by atoms with E-state index in [0.717, 1.165) is 22.4 Å². The largest absolute Gasteiger partial charge is 0.468 e. The summed E-state index contributed by atoms with van der Waals surface area (Å²) in [5.41, 5.74) is 6.06. The van der Waals surface area contributed by atoms with Crippen molar-refractivity contribution >= 4 is 29.4 Å². The highest BCUT2D eigenvalue weighted by Gasteiger charge is 2.36. The lowest BCUT2D eigenvalue weighted by Gasteiger charge is -2.40. The highest BCUT2D eigenvalue weighted by molar-refractivity contribution is 6.30. The molecule has 1 amide bonds. The first kappa shape index (κ1) is 25.8. The van der Waals surface area contributed by atoms with Gasteiger partial charge in [-0.25, -0.2) is 4.79 Å². The van der Waals surface area contributed by atoms with E-state index in [1.165, 1.54) is 7.11 Å². The van der Waals surface area contributed by atoms with E-state index >= 15 is 0 Å². The molecule has 0 aromatic heterocycles. The number of amides is 1.